The molecule has 138 valence electrons. The zero-order valence-corrected chi connectivity index (χ0v) is 14.7. The highest BCUT2D eigenvalue weighted by Gasteiger charge is 2.28. The van der Waals surface area contributed by atoms with Gasteiger partial charge in [0.25, 0.3) is 0 Å². The number of rotatable bonds is 6. The maximum atomic E-state index is 12.3. The molecule has 7 heteroatoms. The van der Waals surface area contributed by atoms with Crippen molar-refractivity contribution in [2.45, 2.75) is 32.4 Å². The summed E-state index contributed by atoms with van der Waals surface area (Å²) < 4.78 is 2.03. The number of carbonyl (C=O) groups is 2. The van der Waals surface area contributed by atoms with Gasteiger partial charge in [-0.25, -0.2) is 9.78 Å². The second kappa shape index (κ2) is 8.51. The normalized spacial score (nSPS) is 17.1. The highest BCUT2D eigenvalue weighted by Crippen LogP contribution is 2.16. The lowest BCUT2D eigenvalue weighted by molar-refractivity contribution is -0.143. The number of aliphatic carboxylic acids is 1. The molecule has 1 aliphatic rings. The summed E-state index contributed by atoms with van der Waals surface area (Å²) in [7, 11) is 0. The molecule has 2 amide bonds. The Bertz CT molecular complexity index is 744. The van der Waals surface area contributed by atoms with Gasteiger partial charge in [0.15, 0.2) is 0 Å². The lowest BCUT2D eigenvalue weighted by Gasteiger charge is -2.30. The first-order valence-electron chi connectivity index (χ1n) is 8.93. The maximum Gasteiger partial charge on any atom is 0.317 e. The fourth-order valence-electron chi connectivity index (χ4n) is 3.23. The van der Waals surface area contributed by atoms with Gasteiger partial charge in [-0.3, -0.25) is 4.79 Å². The van der Waals surface area contributed by atoms with Gasteiger partial charge in [-0.05, 0) is 24.8 Å². The molecule has 1 aliphatic heterocycles. The number of nitrogens with zero attached hydrogens (tertiary/aromatic N) is 3. The van der Waals surface area contributed by atoms with E-state index in [-0.39, 0.29) is 12.6 Å². The third kappa shape index (κ3) is 4.62. The average molecular weight is 356 g/mol. The van der Waals surface area contributed by atoms with Gasteiger partial charge < -0.3 is 19.9 Å². The number of aryl methyl sites for hydroxylation is 2. The van der Waals surface area contributed by atoms with Crippen LogP contribution in [0.4, 0.5) is 4.79 Å². The molecule has 1 unspecified atom stereocenters. The molecule has 3 rings (SSSR count). The summed E-state index contributed by atoms with van der Waals surface area (Å²) in [5.41, 5.74) is 1.25. The van der Waals surface area contributed by atoms with E-state index in [0.717, 1.165) is 25.2 Å². The molecule has 2 aromatic rings. The summed E-state index contributed by atoms with van der Waals surface area (Å²) in [6, 6.07) is 9.99. The fraction of sp³-hybridized carbons (Fsp3) is 0.421. The standard InChI is InChI=1S/C19H24N4O3/c24-18(25)16-7-4-10-23(14-16)19(26)21-13-17-20-9-12-22(17)11-8-15-5-2-1-3-6-15/h1-3,5-6,9,12,16H,4,7-8,10-11,13-14H2,(H,21,26)(H,24,25). The average Bonchev–Trinajstić information content (AvgIpc) is 3.12. The molecule has 1 atom stereocenters. The Morgan fingerprint density at radius 2 is 2.08 bits per heavy atom. The largest absolute Gasteiger partial charge is 0.481 e. The number of nitrogens with one attached hydrogen (secondary N) is 1. The Labute approximate surface area is 152 Å². The first-order chi connectivity index (χ1) is 12.6. The number of carboxylic acids is 1. The monoisotopic (exact) mass is 356 g/mol. The lowest BCUT2D eigenvalue weighted by Crippen LogP contribution is -2.47. The Balaban J connectivity index is 1.51. The van der Waals surface area contributed by atoms with Crippen LogP contribution in [0.3, 0.4) is 0 Å². The number of carbonyl (C=O) groups excluding carboxylic acids is 1. The van der Waals surface area contributed by atoms with Crippen molar-refractivity contribution in [2.24, 2.45) is 5.92 Å². The quantitative estimate of drug-likeness (QED) is 0.830. The molecule has 2 heterocycles. The highest BCUT2D eigenvalue weighted by molar-refractivity contribution is 5.76. The predicted molar refractivity (Wildman–Crippen MR) is 96.5 cm³/mol. The van der Waals surface area contributed by atoms with Crippen molar-refractivity contribution in [3.8, 4) is 0 Å². The molecule has 1 saturated heterocycles. The summed E-state index contributed by atoms with van der Waals surface area (Å²) >= 11 is 0. The number of amides is 2. The van der Waals surface area contributed by atoms with Crippen LogP contribution in [0.15, 0.2) is 42.7 Å². The van der Waals surface area contributed by atoms with Gasteiger partial charge in [-0.1, -0.05) is 30.3 Å². The number of hydrogen-bond acceptors (Lipinski definition) is 3. The van der Waals surface area contributed by atoms with E-state index in [1.165, 1.54) is 5.56 Å². The van der Waals surface area contributed by atoms with E-state index >= 15 is 0 Å². The molecular weight excluding hydrogens is 332 g/mol. The van der Waals surface area contributed by atoms with Crippen LogP contribution in [0.25, 0.3) is 0 Å². The Morgan fingerprint density at radius 1 is 1.27 bits per heavy atom. The van der Waals surface area contributed by atoms with Gasteiger partial charge in [-0.2, -0.15) is 0 Å². The third-order valence-corrected chi connectivity index (χ3v) is 4.74. The van der Waals surface area contributed by atoms with Crippen molar-refractivity contribution >= 4 is 12.0 Å². The molecule has 7 nitrogen and oxygen atoms in total. The van der Waals surface area contributed by atoms with E-state index in [4.69, 9.17) is 5.11 Å². The highest BCUT2D eigenvalue weighted by atomic mass is 16.4. The number of hydrogen-bond donors (Lipinski definition) is 2. The number of urea groups is 1. The van der Waals surface area contributed by atoms with Gasteiger partial charge in [0.05, 0.1) is 12.5 Å². The second-order valence-corrected chi connectivity index (χ2v) is 6.55. The summed E-state index contributed by atoms with van der Waals surface area (Å²) in [6.07, 6.45) is 5.88. The Morgan fingerprint density at radius 3 is 2.85 bits per heavy atom. The number of imidazole rings is 1. The van der Waals surface area contributed by atoms with E-state index in [0.29, 0.717) is 19.5 Å². The molecule has 26 heavy (non-hydrogen) atoms. The van der Waals surface area contributed by atoms with Crippen LogP contribution < -0.4 is 5.32 Å². The van der Waals surface area contributed by atoms with Crippen molar-refractivity contribution in [1.29, 1.82) is 0 Å². The number of piperidine rings is 1. The maximum absolute atomic E-state index is 12.3. The van der Waals surface area contributed by atoms with Crippen molar-refractivity contribution in [3.63, 3.8) is 0 Å². The lowest BCUT2D eigenvalue weighted by atomic mass is 9.99. The van der Waals surface area contributed by atoms with E-state index in [9.17, 15) is 9.59 Å². The number of benzene rings is 1. The molecule has 0 bridgehead atoms. The molecule has 0 spiro atoms. The van der Waals surface area contributed by atoms with E-state index < -0.39 is 11.9 Å². The van der Waals surface area contributed by atoms with Gasteiger partial charge >= 0.3 is 12.0 Å². The minimum absolute atomic E-state index is 0.228. The number of carboxylic acid groups (broad SMARTS) is 1. The first kappa shape index (κ1) is 18.0. The van der Waals surface area contributed by atoms with Crippen molar-refractivity contribution in [2.75, 3.05) is 13.1 Å². The van der Waals surface area contributed by atoms with Crippen molar-refractivity contribution in [3.05, 3.63) is 54.1 Å². The molecule has 0 radical (unpaired) electrons. The van der Waals surface area contributed by atoms with Crippen LogP contribution in [0.2, 0.25) is 0 Å². The minimum Gasteiger partial charge on any atom is -0.481 e. The summed E-state index contributed by atoms with van der Waals surface area (Å²) in [4.78, 5) is 29.4. The molecule has 2 N–H and O–H groups in total. The second-order valence-electron chi connectivity index (χ2n) is 6.55. The van der Waals surface area contributed by atoms with Gasteiger partial charge in [0.2, 0.25) is 0 Å². The fourth-order valence-corrected chi connectivity index (χ4v) is 3.23. The molecule has 0 saturated carbocycles. The van der Waals surface area contributed by atoms with Crippen molar-refractivity contribution in [1.82, 2.24) is 19.8 Å². The molecule has 1 aromatic heterocycles. The van der Waals surface area contributed by atoms with E-state index in [1.54, 1.807) is 11.1 Å². The van der Waals surface area contributed by atoms with Gasteiger partial charge in [-0.15, -0.1) is 0 Å². The first-order valence-corrected chi connectivity index (χ1v) is 8.93. The van der Waals surface area contributed by atoms with Crippen LogP contribution in [0.1, 0.15) is 24.2 Å². The number of aromatic nitrogens is 2. The zero-order valence-electron chi connectivity index (χ0n) is 14.7. The van der Waals surface area contributed by atoms with Crippen molar-refractivity contribution < 1.29 is 14.7 Å². The van der Waals surface area contributed by atoms with E-state index in [2.05, 4.69) is 22.4 Å². The SMILES string of the molecule is O=C(O)C1CCCN(C(=O)NCc2nccn2CCc2ccccc2)C1. The van der Waals surface area contributed by atoms with E-state index in [1.807, 2.05) is 29.0 Å². The molecule has 1 fully saturated rings. The molecule has 0 aliphatic carbocycles. The smallest absolute Gasteiger partial charge is 0.317 e. The zero-order chi connectivity index (χ0) is 18.4. The van der Waals surface area contributed by atoms with Crippen LogP contribution in [0, 0.1) is 5.92 Å². The van der Waals surface area contributed by atoms with Gasteiger partial charge in [0.1, 0.15) is 5.82 Å². The van der Waals surface area contributed by atoms with Crippen LogP contribution in [-0.2, 0) is 24.3 Å². The van der Waals surface area contributed by atoms with Crippen LogP contribution in [0.5, 0.6) is 0 Å². The Kier molecular flexibility index (Phi) is 5.88. The molecule has 1 aromatic carbocycles. The topological polar surface area (TPSA) is 87.5 Å². The van der Waals surface area contributed by atoms with Crippen LogP contribution in [-0.4, -0.2) is 44.6 Å². The third-order valence-electron chi connectivity index (χ3n) is 4.74. The molecular formula is C19H24N4O3. The summed E-state index contributed by atoms with van der Waals surface area (Å²) in [6.45, 7) is 1.98. The Hall–Kier alpha value is -2.83. The number of likely N-dealkylation sites (tertiary alicyclic amines) is 1. The van der Waals surface area contributed by atoms with Crippen LogP contribution >= 0.6 is 0 Å². The predicted octanol–water partition coefficient (Wildman–Crippen LogP) is 2.13. The minimum atomic E-state index is -0.834. The summed E-state index contributed by atoms with van der Waals surface area (Å²) in [5, 5.41) is 12.0. The van der Waals surface area contributed by atoms with Gasteiger partial charge in [0, 0.05) is 32.0 Å². The summed E-state index contributed by atoms with van der Waals surface area (Å²) in [5.74, 6) is -0.512.